The Balaban J connectivity index is 2.26. The number of methoxy groups -OCH3 is 1. The molecule has 1 heterocycles. The van der Waals surface area contributed by atoms with Gasteiger partial charge >= 0.3 is 0 Å². The Morgan fingerprint density at radius 1 is 1.38 bits per heavy atom. The van der Waals surface area contributed by atoms with Gasteiger partial charge in [0.25, 0.3) is 0 Å². The van der Waals surface area contributed by atoms with Crippen molar-refractivity contribution in [3.63, 3.8) is 0 Å². The van der Waals surface area contributed by atoms with Crippen LogP contribution < -0.4 is 10.1 Å². The van der Waals surface area contributed by atoms with Crippen LogP contribution >= 0.6 is 23.5 Å². The van der Waals surface area contributed by atoms with E-state index in [1.165, 1.54) is 11.8 Å². The number of hydrogen-bond donors (Lipinski definition) is 1. The topological polar surface area (TPSA) is 21.3 Å². The molecule has 1 saturated heterocycles. The number of nitrogens with one attached hydrogen (secondary N) is 1. The zero-order chi connectivity index (χ0) is 15.2. The van der Waals surface area contributed by atoms with Crippen LogP contribution in [0.2, 0.25) is 0 Å². The van der Waals surface area contributed by atoms with Crippen molar-refractivity contribution in [1.29, 1.82) is 0 Å². The highest BCUT2D eigenvalue weighted by Gasteiger charge is 2.32. The van der Waals surface area contributed by atoms with Crippen LogP contribution in [0.1, 0.15) is 31.9 Å². The largest absolute Gasteiger partial charge is 0.497 e. The number of ether oxygens (including phenoxy) is 1. The molecule has 21 heavy (non-hydrogen) atoms. The predicted octanol–water partition coefficient (Wildman–Crippen LogP) is 4.11. The fourth-order valence-corrected chi connectivity index (χ4v) is 5.54. The van der Waals surface area contributed by atoms with E-state index >= 15 is 0 Å². The lowest BCUT2D eigenvalue weighted by atomic mass is 10.0. The van der Waals surface area contributed by atoms with E-state index in [0.29, 0.717) is 16.2 Å². The summed E-state index contributed by atoms with van der Waals surface area (Å²) in [4.78, 5) is 0. The van der Waals surface area contributed by atoms with Crippen molar-refractivity contribution in [2.75, 3.05) is 25.2 Å². The van der Waals surface area contributed by atoms with Crippen molar-refractivity contribution < 1.29 is 9.13 Å². The minimum absolute atomic E-state index is 0.0589. The lowest BCUT2D eigenvalue weighted by Gasteiger charge is -2.35. The normalized spacial score (nSPS) is 23.8. The Morgan fingerprint density at radius 3 is 2.76 bits per heavy atom. The Kier molecular flexibility index (Phi) is 6.71. The van der Waals surface area contributed by atoms with E-state index in [4.69, 9.17) is 4.74 Å². The zero-order valence-electron chi connectivity index (χ0n) is 12.9. The highest BCUT2D eigenvalue weighted by atomic mass is 32.2. The van der Waals surface area contributed by atoms with Crippen LogP contribution in [-0.2, 0) is 0 Å². The molecule has 0 spiro atoms. The molecule has 0 radical (unpaired) electrons. The smallest absolute Gasteiger partial charge is 0.131 e. The molecule has 0 amide bonds. The average Bonchev–Trinajstić information content (AvgIpc) is 2.50. The first-order valence-corrected chi connectivity index (χ1v) is 9.57. The summed E-state index contributed by atoms with van der Waals surface area (Å²) in [7, 11) is 1.57. The molecule has 2 rings (SSSR count). The van der Waals surface area contributed by atoms with Crippen molar-refractivity contribution in [2.24, 2.45) is 0 Å². The molecule has 1 aromatic rings. The second-order valence-corrected chi connectivity index (χ2v) is 8.00. The molecule has 3 atom stereocenters. The SMILES string of the molecule is CCCNC(c1ccc(OC)cc1F)C1SCCSC1C. The molecule has 0 aliphatic carbocycles. The summed E-state index contributed by atoms with van der Waals surface area (Å²) >= 11 is 3.95. The first kappa shape index (κ1) is 17.0. The van der Waals surface area contributed by atoms with Gasteiger partial charge in [-0.25, -0.2) is 4.39 Å². The standard InChI is InChI=1S/C16H24FNOS2/c1-4-7-18-15(16-11(2)20-8-9-21-16)13-6-5-12(19-3)10-14(13)17/h5-6,10-11,15-16,18H,4,7-9H2,1-3H3. The van der Waals surface area contributed by atoms with Gasteiger partial charge in [0, 0.05) is 39.7 Å². The van der Waals surface area contributed by atoms with Crippen LogP contribution in [0.3, 0.4) is 0 Å². The van der Waals surface area contributed by atoms with Gasteiger partial charge in [-0.2, -0.15) is 23.5 Å². The van der Waals surface area contributed by atoms with E-state index in [2.05, 4.69) is 19.2 Å². The van der Waals surface area contributed by atoms with Crippen molar-refractivity contribution in [3.05, 3.63) is 29.6 Å². The van der Waals surface area contributed by atoms with E-state index in [1.54, 1.807) is 7.11 Å². The molecule has 0 bridgehead atoms. The maximum absolute atomic E-state index is 14.5. The summed E-state index contributed by atoms with van der Waals surface area (Å²) < 4.78 is 19.6. The molecule has 3 unspecified atom stereocenters. The fraction of sp³-hybridized carbons (Fsp3) is 0.625. The first-order chi connectivity index (χ1) is 10.2. The molecule has 1 fully saturated rings. The lowest BCUT2D eigenvalue weighted by molar-refractivity contribution is 0.408. The third kappa shape index (κ3) is 4.30. The molecular weight excluding hydrogens is 305 g/mol. The maximum atomic E-state index is 14.5. The van der Waals surface area contributed by atoms with Crippen molar-refractivity contribution in [1.82, 2.24) is 5.32 Å². The molecule has 118 valence electrons. The number of rotatable bonds is 6. The second kappa shape index (κ2) is 8.30. The summed E-state index contributed by atoms with van der Waals surface area (Å²) in [6.45, 7) is 5.30. The number of halogens is 1. The Hall–Kier alpha value is -0.390. The van der Waals surface area contributed by atoms with Gasteiger partial charge < -0.3 is 10.1 Å². The minimum Gasteiger partial charge on any atom is -0.497 e. The highest BCUT2D eigenvalue weighted by molar-refractivity contribution is 8.07. The van der Waals surface area contributed by atoms with Gasteiger partial charge in [0.2, 0.25) is 0 Å². The van der Waals surface area contributed by atoms with Crippen molar-refractivity contribution >= 4 is 23.5 Å². The second-order valence-electron chi connectivity index (χ2n) is 5.23. The maximum Gasteiger partial charge on any atom is 0.131 e. The van der Waals surface area contributed by atoms with Gasteiger partial charge in [-0.1, -0.05) is 19.9 Å². The highest BCUT2D eigenvalue weighted by Crippen LogP contribution is 2.39. The van der Waals surface area contributed by atoms with Gasteiger partial charge in [0.1, 0.15) is 11.6 Å². The summed E-state index contributed by atoms with van der Waals surface area (Å²) in [6, 6.07) is 5.27. The average molecular weight is 330 g/mol. The van der Waals surface area contributed by atoms with E-state index in [-0.39, 0.29) is 11.9 Å². The molecule has 2 nitrogen and oxygen atoms in total. The van der Waals surface area contributed by atoms with Crippen LogP contribution in [0.5, 0.6) is 5.75 Å². The Labute approximate surface area is 135 Å². The molecular formula is C16H24FNOS2. The van der Waals surface area contributed by atoms with Gasteiger partial charge in [0.05, 0.1) is 7.11 Å². The minimum atomic E-state index is -0.175. The summed E-state index contributed by atoms with van der Waals surface area (Å²) in [5.74, 6) is 2.73. The molecule has 1 aromatic carbocycles. The number of hydrogen-bond acceptors (Lipinski definition) is 4. The van der Waals surface area contributed by atoms with Gasteiger partial charge in [-0.05, 0) is 19.0 Å². The number of thioether (sulfide) groups is 2. The third-order valence-corrected chi connectivity index (χ3v) is 6.92. The predicted molar refractivity (Wildman–Crippen MR) is 92.2 cm³/mol. The van der Waals surface area contributed by atoms with Crippen LogP contribution in [0.15, 0.2) is 18.2 Å². The van der Waals surface area contributed by atoms with Gasteiger partial charge in [-0.15, -0.1) is 0 Å². The fourth-order valence-electron chi connectivity index (χ4n) is 2.61. The summed E-state index contributed by atoms with van der Waals surface area (Å²) in [6.07, 6.45) is 1.05. The van der Waals surface area contributed by atoms with Crippen molar-refractivity contribution in [2.45, 2.75) is 36.8 Å². The molecule has 1 aliphatic rings. The molecule has 0 aromatic heterocycles. The monoisotopic (exact) mass is 329 g/mol. The van der Waals surface area contributed by atoms with Crippen LogP contribution in [0.4, 0.5) is 4.39 Å². The van der Waals surface area contributed by atoms with Gasteiger partial charge in [0.15, 0.2) is 0 Å². The Morgan fingerprint density at radius 2 is 2.14 bits per heavy atom. The van der Waals surface area contributed by atoms with E-state index < -0.39 is 0 Å². The molecule has 0 saturated carbocycles. The van der Waals surface area contributed by atoms with Crippen molar-refractivity contribution in [3.8, 4) is 5.75 Å². The molecule has 1 N–H and O–H groups in total. The lowest BCUT2D eigenvalue weighted by Crippen LogP contribution is -2.38. The van der Waals surface area contributed by atoms with E-state index in [1.807, 2.05) is 35.7 Å². The molecule has 5 heteroatoms. The van der Waals surface area contributed by atoms with E-state index in [9.17, 15) is 4.39 Å². The van der Waals surface area contributed by atoms with E-state index in [0.717, 1.165) is 24.3 Å². The van der Waals surface area contributed by atoms with Crippen LogP contribution in [0.25, 0.3) is 0 Å². The first-order valence-electron chi connectivity index (χ1n) is 7.47. The number of benzene rings is 1. The quantitative estimate of drug-likeness (QED) is 0.847. The third-order valence-electron chi connectivity index (χ3n) is 3.72. The zero-order valence-corrected chi connectivity index (χ0v) is 14.5. The van der Waals surface area contributed by atoms with Crippen LogP contribution in [-0.4, -0.2) is 35.7 Å². The summed E-state index contributed by atoms with van der Waals surface area (Å²) in [5.41, 5.74) is 0.760. The summed E-state index contributed by atoms with van der Waals surface area (Å²) in [5, 5.41) is 4.48. The Bertz CT molecular complexity index is 458. The van der Waals surface area contributed by atoms with Gasteiger partial charge in [-0.3, -0.25) is 0 Å². The van der Waals surface area contributed by atoms with Crippen LogP contribution in [0, 0.1) is 5.82 Å². The molecule has 1 aliphatic heterocycles.